The quantitative estimate of drug-likeness (QED) is 0.296. The molecule has 5 aromatic rings. The number of nitrogens with one attached hydrogen (secondary N) is 1. The van der Waals surface area contributed by atoms with Crippen LogP contribution in [0.3, 0.4) is 0 Å². The Morgan fingerprint density at radius 3 is 2.48 bits per heavy atom. The van der Waals surface area contributed by atoms with E-state index in [-0.39, 0.29) is 28.5 Å². The third kappa shape index (κ3) is 2.87. The third-order valence-electron chi connectivity index (χ3n) is 4.99. The molecule has 0 amide bonds. The number of nitrogens with zero attached hydrogens (tertiary/aromatic N) is 2. The molecule has 0 aliphatic carbocycles. The molecule has 0 aliphatic rings. The van der Waals surface area contributed by atoms with Gasteiger partial charge in [-0.1, -0.05) is 12.1 Å². The van der Waals surface area contributed by atoms with Gasteiger partial charge in [-0.25, -0.2) is 9.78 Å². The van der Waals surface area contributed by atoms with Crippen LogP contribution in [0.2, 0.25) is 0 Å². The predicted octanol–water partition coefficient (Wildman–Crippen LogP) is 4.10. The molecule has 0 fully saturated rings. The summed E-state index contributed by atoms with van der Waals surface area (Å²) in [6.45, 7) is 0. The zero-order chi connectivity index (χ0) is 21.7. The van der Waals surface area contributed by atoms with Crippen LogP contribution in [0.25, 0.3) is 39.3 Å². The Morgan fingerprint density at radius 1 is 1.00 bits per heavy atom. The van der Waals surface area contributed by atoms with E-state index in [0.717, 1.165) is 0 Å². The van der Waals surface area contributed by atoms with Gasteiger partial charge < -0.3 is 29.8 Å². The number of furan rings is 1. The van der Waals surface area contributed by atoms with Crippen LogP contribution in [0, 0.1) is 0 Å². The van der Waals surface area contributed by atoms with Crippen molar-refractivity contribution in [3.8, 4) is 45.6 Å². The number of hydrogen-bond acceptors (Lipinski definition) is 6. The van der Waals surface area contributed by atoms with Gasteiger partial charge in [-0.15, -0.1) is 0 Å². The minimum atomic E-state index is -1.25. The molecule has 9 heteroatoms. The first-order chi connectivity index (χ1) is 14.9. The number of aromatic hydroxyl groups is 3. The van der Waals surface area contributed by atoms with E-state index in [9.17, 15) is 25.2 Å². The number of carboxylic acids is 1. The van der Waals surface area contributed by atoms with Gasteiger partial charge in [0.1, 0.15) is 11.4 Å². The summed E-state index contributed by atoms with van der Waals surface area (Å²) in [6, 6.07) is 13.9. The van der Waals surface area contributed by atoms with Gasteiger partial charge in [-0.05, 0) is 48.0 Å². The van der Waals surface area contributed by atoms with Gasteiger partial charge in [0.05, 0.1) is 28.6 Å². The van der Waals surface area contributed by atoms with E-state index in [1.165, 1.54) is 35.2 Å². The Morgan fingerprint density at radius 2 is 1.77 bits per heavy atom. The van der Waals surface area contributed by atoms with Crippen molar-refractivity contribution in [1.82, 2.24) is 14.5 Å². The molecule has 0 bridgehead atoms. The highest BCUT2D eigenvalue weighted by molar-refractivity contribution is 5.91. The lowest BCUT2D eigenvalue weighted by atomic mass is 10.0. The highest BCUT2D eigenvalue weighted by Crippen LogP contribution is 2.49. The van der Waals surface area contributed by atoms with Crippen molar-refractivity contribution in [2.24, 2.45) is 0 Å². The van der Waals surface area contributed by atoms with E-state index < -0.39 is 17.6 Å². The Labute approximate surface area is 174 Å². The van der Waals surface area contributed by atoms with Crippen LogP contribution in [-0.2, 0) is 0 Å². The van der Waals surface area contributed by atoms with Crippen LogP contribution in [0.4, 0.5) is 0 Å². The van der Waals surface area contributed by atoms with Crippen molar-refractivity contribution >= 4 is 17.0 Å². The molecule has 5 rings (SSSR count). The van der Waals surface area contributed by atoms with Crippen molar-refractivity contribution in [2.45, 2.75) is 0 Å². The number of carboxylic acid groups (broad SMARTS) is 1. The molecule has 154 valence electrons. The first kappa shape index (κ1) is 18.4. The summed E-state index contributed by atoms with van der Waals surface area (Å²) in [5.74, 6) is -2.25. The number of benzene rings is 2. The summed E-state index contributed by atoms with van der Waals surface area (Å²) in [7, 11) is 0. The molecule has 0 spiro atoms. The molecule has 0 atom stereocenters. The first-order valence-corrected chi connectivity index (χ1v) is 9.17. The summed E-state index contributed by atoms with van der Waals surface area (Å²) in [6.07, 6.45) is 1.54. The van der Waals surface area contributed by atoms with E-state index >= 15 is 0 Å². The Kier molecular flexibility index (Phi) is 3.97. The maximum absolute atomic E-state index is 11.3. The number of hydrogen-bond donors (Lipinski definition) is 5. The molecular formula is C22H15N3O6. The van der Waals surface area contributed by atoms with Crippen LogP contribution in [0.15, 0.2) is 65.3 Å². The number of rotatable bonds is 4. The fourth-order valence-corrected chi connectivity index (χ4v) is 3.58. The third-order valence-corrected chi connectivity index (χ3v) is 4.99. The fraction of sp³-hybridized carbons (Fsp3) is 0. The maximum atomic E-state index is 11.3. The molecule has 31 heavy (non-hydrogen) atoms. The van der Waals surface area contributed by atoms with Crippen LogP contribution in [-0.4, -0.2) is 40.9 Å². The normalized spacial score (nSPS) is 11.2. The molecule has 5 N–H and O–H groups in total. The standard InChI is InChI=1S/C22H15N3O6/c26-13-4-1-11(2-5-13)18-19(16-7-8-17(31-16)22(29)30)25(21(28)20(18)27)12-3-6-14-15(9-12)24-10-23-14/h1-10,26-28H,(H,23,24)(H,29,30). The second-order valence-electron chi connectivity index (χ2n) is 6.85. The van der Waals surface area contributed by atoms with Crippen LogP contribution in [0.1, 0.15) is 10.6 Å². The molecule has 0 unspecified atom stereocenters. The molecule has 2 aromatic carbocycles. The highest BCUT2D eigenvalue weighted by atomic mass is 16.4. The number of imidazole rings is 1. The summed E-state index contributed by atoms with van der Waals surface area (Å²) in [5, 5.41) is 40.6. The van der Waals surface area contributed by atoms with Crippen LogP contribution < -0.4 is 0 Å². The van der Waals surface area contributed by atoms with Crippen molar-refractivity contribution in [2.75, 3.05) is 0 Å². The number of phenols is 1. The smallest absolute Gasteiger partial charge is 0.371 e. The number of H-pyrrole nitrogens is 1. The van der Waals surface area contributed by atoms with Crippen molar-refractivity contribution in [3.05, 3.63) is 66.7 Å². The topological polar surface area (TPSA) is 145 Å². The molecule has 0 saturated carbocycles. The average Bonchev–Trinajstić information content (AvgIpc) is 3.47. The van der Waals surface area contributed by atoms with Crippen molar-refractivity contribution < 1.29 is 29.6 Å². The molecular weight excluding hydrogens is 402 g/mol. The lowest BCUT2D eigenvalue weighted by Gasteiger charge is -2.10. The van der Waals surface area contributed by atoms with Crippen molar-refractivity contribution in [3.63, 3.8) is 0 Å². The largest absolute Gasteiger partial charge is 0.508 e. The number of aromatic amines is 1. The number of aromatic nitrogens is 3. The maximum Gasteiger partial charge on any atom is 0.371 e. The zero-order valence-corrected chi connectivity index (χ0v) is 15.8. The lowest BCUT2D eigenvalue weighted by molar-refractivity contribution is 0.0663. The first-order valence-electron chi connectivity index (χ1n) is 9.17. The van der Waals surface area contributed by atoms with E-state index in [1.807, 2.05) is 0 Å². The Bertz CT molecular complexity index is 1440. The van der Waals surface area contributed by atoms with Gasteiger partial charge in [0.15, 0.2) is 11.5 Å². The minimum Gasteiger partial charge on any atom is -0.508 e. The molecule has 0 radical (unpaired) electrons. The minimum absolute atomic E-state index is 0.0318. The van der Waals surface area contributed by atoms with Gasteiger partial charge in [0.25, 0.3) is 0 Å². The highest BCUT2D eigenvalue weighted by Gasteiger charge is 2.28. The average molecular weight is 417 g/mol. The van der Waals surface area contributed by atoms with E-state index in [4.69, 9.17) is 4.42 Å². The van der Waals surface area contributed by atoms with E-state index in [2.05, 4.69) is 9.97 Å². The molecule has 0 aliphatic heterocycles. The molecule has 3 aromatic heterocycles. The second kappa shape index (κ2) is 6.70. The summed E-state index contributed by atoms with van der Waals surface area (Å²) in [4.78, 5) is 18.5. The van der Waals surface area contributed by atoms with Gasteiger partial charge in [0.2, 0.25) is 11.6 Å². The predicted molar refractivity (Wildman–Crippen MR) is 111 cm³/mol. The number of aromatic carboxylic acids is 1. The van der Waals surface area contributed by atoms with E-state index in [1.54, 1.807) is 30.3 Å². The van der Waals surface area contributed by atoms with Gasteiger partial charge in [-0.3, -0.25) is 4.57 Å². The Hall–Kier alpha value is -4.66. The van der Waals surface area contributed by atoms with Gasteiger partial charge in [-0.2, -0.15) is 0 Å². The zero-order valence-electron chi connectivity index (χ0n) is 15.8. The summed E-state index contributed by atoms with van der Waals surface area (Å²) in [5.41, 5.74) is 2.84. The molecule has 0 saturated heterocycles. The van der Waals surface area contributed by atoms with E-state index in [0.29, 0.717) is 22.3 Å². The number of phenolic OH excluding ortho intramolecular Hbond substituents is 1. The lowest BCUT2D eigenvalue weighted by Crippen LogP contribution is -1.97. The van der Waals surface area contributed by atoms with Gasteiger partial charge in [0, 0.05) is 0 Å². The van der Waals surface area contributed by atoms with Crippen LogP contribution >= 0.6 is 0 Å². The summed E-state index contributed by atoms with van der Waals surface area (Å²) >= 11 is 0. The van der Waals surface area contributed by atoms with Crippen LogP contribution in [0.5, 0.6) is 17.4 Å². The molecule has 9 nitrogen and oxygen atoms in total. The monoisotopic (exact) mass is 417 g/mol. The number of fused-ring (bicyclic) bond motifs is 1. The second-order valence-corrected chi connectivity index (χ2v) is 6.85. The van der Waals surface area contributed by atoms with Crippen molar-refractivity contribution in [1.29, 1.82) is 0 Å². The van der Waals surface area contributed by atoms with Gasteiger partial charge >= 0.3 is 5.97 Å². The fourth-order valence-electron chi connectivity index (χ4n) is 3.58. The number of carbonyl (C=O) groups is 1. The SMILES string of the molecule is O=C(O)c1ccc(-c2c(-c3ccc(O)cc3)c(O)c(O)n2-c2ccc3nc[nH]c3c2)o1. The Balaban J connectivity index is 1.83. The summed E-state index contributed by atoms with van der Waals surface area (Å²) < 4.78 is 6.87. The molecule has 3 heterocycles.